The minimum Gasteiger partial charge on any atom is -0.509 e. The molecule has 43 heavy (non-hydrogen) atoms. The second-order valence-electron chi connectivity index (χ2n) is 11.8. The van der Waals surface area contributed by atoms with Gasteiger partial charge in [0.15, 0.2) is 21.2 Å². The number of sulfone groups is 1. The first-order chi connectivity index (χ1) is 20.2. The lowest BCUT2D eigenvalue weighted by Crippen LogP contribution is -2.32. The zero-order valence-corrected chi connectivity index (χ0v) is 26.1. The number of hydrogen-bond acceptors (Lipinski definition) is 7. The number of ether oxygens (including phenoxy) is 2. The molecule has 2 atom stereocenters. The van der Waals surface area contributed by atoms with Gasteiger partial charge in [-0.15, -0.1) is 0 Å². The molecule has 0 spiro atoms. The molecule has 228 valence electrons. The van der Waals surface area contributed by atoms with E-state index < -0.39 is 27.4 Å². The zero-order chi connectivity index (χ0) is 31.5. The van der Waals surface area contributed by atoms with Gasteiger partial charge in [0.05, 0.1) is 4.90 Å². The summed E-state index contributed by atoms with van der Waals surface area (Å²) < 4.78 is 35.5. The minimum atomic E-state index is -3.40. The van der Waals surface area contributed by atoms with Crippen LogP contribution in [0.25, 0.3) is 0 Å². The van der Waals surface area contributed by atoms with Gasteiger partial charge in [0.1, 0.15) is 17.3 Å². The fourth-order valence-corrected chi connectivity index (χ4v) is 5.99. The predicted molar refractivity (Wildman–Crippen MR) is 166 cm³/mol. The SMILES string of the molecule is C=C(O)C(C)(C)Oc1c(C)cc(CC[C@@H]2CN(C(=O)Oc3ccccc3)C[C@H]2C(=O)c2ccc(S(C)(=O)=O)cc2)cc1C. The molecule has 1 aliphatic rings. The van der Waals surface area contributed by atoms with Crippen LogP contribution >= 0.6 is 0 Å². The van der Waals surface area contributed by atoms with Gasteiger partial charge >= 0.3 is 6.09 Å². The maximum atomic E-state index is 13.7. The average Bonchev–Trinajstić information content (AvgIpc) is 3.38. The van der Waals surface area contributed by atoms with Crippen LogP contribution in [0.15, 0.2) is 84.0 Å². The smallest absolute Gasteiger partial charge is 0.415 e. The van der Waals surface area contributed by atoms with Gasteiger partial charge in [0.25, 0.3) is 0 Å². The Hall–Kier alpha value is -4.11. The molecule has 0 bridgehead atoms. The van der Waals surface area contributed by atoms with E-state index in [-0.39, 0.29) is 28.9 Å². The molecular weight excluding hydrogens is 566 g/mol. The molecule has 0 aromatic heterocycles. The number of aliphatic hydroxyl groups is 1. The number of ketones is 1. The van der Waals surface area contributed by atoms with Crippen molar-refractivity contribution in [2.75, 3.05) is 19.3 Å². The van der Waals surface area contributed by atoms with Crippen LogP contribution in [0.4, 0.5) is 4.79 Å². The first kappa shape index (κ1) is 31.8. The Morgan fingerprint density at radius 2 is 1.60 bits per heavy atom. The maximum absolute atomic E-state index is 13.7. The number of carbonyl (C=O) groups is 2. The second kappa shape index (κ2) is 12.6. The lowest BCUT2D eigenvalue weighted by molar-refractivity contribution is 0.0895. The number of likely N-dealkylation sites (tertiary alicyclic amines) is 1. The first-order valence-electron chi connectivity index (χ1n) is 14.2. The topological polar surface area (TPSA) is 110 Å². The monoisotopic (exact) mass is 605 g/mol. The summed E-state index contributed by atoms with van der Waals surface area (Å²) >= 11 is 0. The minimum absolute atomic E-state index is 0.0615. The van der Waals surface area contributed by atoms with Gasteiger partial charge in [-0.25, -0.2) is 13.2 Å². The third kappa shape index (κ3) is 7.65. The molecule has 1 aliphatic heterocycles. The number of para-hydroxylation sites is 1. The van der Waals surface area contributed by atoms with Crippen molar-refractivity contribution in [3.8, 4) is 11.5 Å². The van der Waals surface area contributed by atoms with Crippen molar-refractivity contribution in [3.63, 3.8) is 0 Å². The van der Waals surface area contributed by atoms with Gasteiger partial charge in [-0.1, -0.05) is 49.0 Å². The van der Waals surface area contributed by atoms with Gasteiger partial charge in [0.2, 0.25) is 0 Å². The van der Waals surface area contributed by atoms with Crippen LogP contribution in [0.1, 0.15) is 47.3 Å². The first-order valence-corrected chi connectivity index (χ1v) is 16.1. The molecule has 9 heteroatoms. The second-order valence-corrected chi connectivity index (χ2v) is 13.8. The van der Waals surface area contributed by atoms with E-state index in [0.717, 1.165) is 22.9 Å². The van der Waals surface area contributed by atoms with E-state index in [4.69, 9.17) is 9.47 Å². The van der Waals surface area contributed by atoms with Crippen LogP contribution in [0.2, 0.25) is 0 Å². The van der Waals surface area contributed by atoms with Gasteiger partial charge in [-0.05, 0) is 87.4 Å². The van der Waals surface area contributed by atoms with Crippen LogP contribution in [0, 0.1) is 25.7 Å². The predicted octanol–water partition coefficient (Wildman–Crippen LogP) is 6.50. The highest BCUT2D eigenvalue weighted by Gasteiger charge is 2.40. The molecule has 8 nitrogen and oxygen atoms in total. The summed E-state index contributed by atoms with van der Waals surface area (Å²) in [7, 11) is -3.40. The summed E-state index contributed by atoms with van der Waals surface area (Å²) in [4.78, 5) is 28.5. The van der Waals surface area contributed by atoms with Crippen molar-refractivity contribution in [3.05, 3.63) is 101 Å². The number of benzene rings is 3. The van der Waals surface area contributed by atoms with Gasteiger partial charge < -0.3 is 19.5 Å². The summed E-state index contributed by atoms with van der Waals surface area (Å²) in [6, 6.07) is 18.8. The van der Waals surface area contributed by atoms with E-state index in [1.54, 1.807) is 43.0 Å². The molecule has 1 heterocycles. The van der Waals surface area contributed by atoms with Crippen molar-refractivity contribution in [2.45, 2.75) is 51.0 Å². The van der Waals surface area contributed by atoms with E-state index >= 15 is 0 Å². The molecule has 1 saturated heterocycles. The fraction of sp³-hybridized carbons (Fsp3) is 0.353. The zero-order valence-electron chi connectivity index (χ0n) is 25.3. The molecular formula is C34H39NO7S. The van der Waals surface area contributed by atoms with E-state index in [9.17, 15) is 23.1 Å². The summed E-state index contributed by atoms with van der Waals surface area (Å²) in [5.41, 5.74) is 2.37. The number of rotatable bonds is 10. The summed E-state index contributed by atoms with van der Waals surface area (Å²) in [6.07, 6.45) is 1.92. The van der Waals surface area contributed by atoms with Gasteiger partial charge in [-0.3, -0.25) is 4.79 Å². The van der Waals surface area contributed by atoms with Crippen LogP contribution < -0.4 is 9.47 Å². The van der Waals surface area contributed by atoms with Crippen LogP contribution in [-0.2, 0) is 16.3 Å². The molecule has 0 radical (unpaired) electrons. The highest BCUT2D eigenvalue weighted by atomic mass is 32.2. The number of aryl methyl sites for hydroxylation is 3. The standard InChI is InChI=1S/C34H39NO7S/c1-22-18-25(19-23(2)32(22)42-34(4,5)24(3)36)12-13-27-20-35(33(38)41-28-10-8-7-9-11-28)21-30(27)31(37)26-14-16-29(17-15-26)43(6,39)40/h7-11,14-19,27,30,36H,3,12-13,20-21H2,1-2,4-6H3/t27-,30-/m1/s1. The van der Waals surface area contributed by atoms with Crippen molar-refractivity contribution in [1.29, 1.82) is 0 Å². The van der Waals surface area contributed by atoms with Crippen molar-refractivity contribution in [2.24, 2.45) is 11.8 Å². The Morgan fingerprint density at radius 1 is 1.00 bits per heavy atom. The van der Waals surface area contributed by atoms with E-state index in [1.807, 2.05) is 32.0 Å². The molecule has 3 aromatic rings. The number of nitrogens with zero attached hydrogens (tertiary/aromatic N) is 1. The van der Waals surface area contributed by atoms with Crippen molar-refractivity contribution >= 4 is 21.7 Å². The van der Waals surface area contributed by atoms with Crippen LogP contribution in [0.5, 0.6) is 11.5 Å². The number of aliphatic hydroxyl groups excluding tert-OH is 1. The Bertz CT molecular complexity index is 1590. The average molecular weight is 606 g/mol. The Kier molecular flexibility index (Phi) is 9.35. The van der Waals surface area contributed by atoms with Gasteiger partial charge in [0, 0.05) is 30.8 Å². The normalized spacial score (nSPS) is 17.0. The van der Waals surface area contributed by atoms with Crippen molar-refractivity contribution in [1.82, 2.24) is 4.90 Å². The summed E-state index contributed by atoms with van der Waals surface area (Å²) in [6.45, 7) is 11.6. The van der Waals surface area contributed by atoms with E-state index in [0.29, 0.717) is 36.4 Å². The third-order valence-corrected chi connectivity index (χ3v) is 9.06. The van der Waals surface area contributed by atoms with E-state index in [2.05, 4.69) is 6.58 Å². The quantitative estimate of drug-likeness (QED) is 0.208. The number of amides is 1. The largest absolute Gasteiger partial charge is 0.509 e. The number of hydrogen-bond donors (Lipinski definition) is 1. The van der Waals surface area contributed by atoms with Crippen molar-refractivity contribution < 1.29 is 32.6 Å². The van der Waals surface area contributed by atoms with Crippen LogP contribution in [-0.4, -0.2) is 55.2 Å². The maximum Gasteiger partial charge on any atom is 0.415 e. The third-order valence-electron chi connectivity index (χ3n) is 7.93. The molecule has 0 aliphatic carbocycles. The molecule has 3 aromatic carbocycles. The fourth-order valence-electron chi connectivity index (χ4n) is 5.36. The summed E-state index contributed by atoms with van der Waals surface area (Å²) in [5, 5.41) is 9.92. The Labute approximate surface area is 253 Å². The lowest BCUT2D eigenvalue weighted by atomic mass is 9.84. The molecule has 0 saturated carbocycles. The molecule has 0 unspecified atom stereocenters. The van der Waals surface area contributed by atoms with Gasteiger partial charge in [-0.2, -0.15) is 0 Å². The number of Topliss-reactive ketones (excluding diaryl/α,β-unsaturated/α-hetero) is 1. The Balaban J connectivity index is 1.54. The highest BCUT2D eigenvalue weighted by molar-refractivity contribution is 7.90. The Morgan fingerprint density at radius 3 is 2.16 bits per heavy atom. The molecule has 1 amide bonds. The summed E-state index contributed by atoms with van der Waals surface area (Å²) in [5.74, 6) is 0.296. The molecule has 1 fully saturated rings. The van der Waals surface area contributed by atoms with Crippen LogP contribution in [0.3, 0.4) is 0 Å². The highest BCUT2D eigenvalue weighted by Crippen LogP contribution is 2.34. The van der Waals surface area contributed by atoms with E-state index in [1.165, 1.54) is 24.3 Å². The molecule has 1 N–H and O–H groups in total. The lowest BCUT2D eigenvalue weighted by Gasteiger charge is -2.27. The molecule has 4 rings (SSSR count). The number of carbonyl (C=O) groups excluding carboxylic acids is 2.